The van der Waals surface area contributed by atoms with Gasteiger partial charge in [0.2, 0.25) is 11.8 Å². The van der Waals surface area contributed by atoms with E-state index < -0.39 is 42.7 Å². The van der Waals surface area contributed by atoms with E-state index in [4.69, 9.17) is 5.73 Å². The minimum atomic E-state index is -1.15. The van der Waals surface area contributed by atoms with Crippen LogP contribution in [0, 0.1) is 11.8 Å². The van der Waals surface area contributed by atoms with Crippen molar-refractivity contribution in [1.29, 1.82) is 0 Å². The monoisotopic (exact) mass is 515 g/mol. The summed E-state index contributed by atoms with van der Waals surface area (Å²) < 4.78 is 29.0. The molecule has 36 heavy (non-hydrogen) atoms. The Kier molecular flexibility index (Phi) is 9.47. The average molecular weight is 516 g/mol. The first kappa shape index (κ1) is 27.6. The molecule has 4 rings (SSSR count). The number of hydrogen-bond donors (Lipinski definition) is 6. The van der Waals surface area contributed by atoms with Crippen molar-refractivity contribution in [3.63, 3.8) is 0 Å². The average Bonchev–Trinajstić information content (AvgIpc) is 3.16. The Bertz CT molecular complexity index is 755. The molecule has 4 aliphatic rings. The maximum absolute atomic E-state index is 15.2. The van der Waals surface area contributed by atoms with Crippen LogP contribution in [-0.2, 0) is 9.59 Å². The van der Waals surface area contributed by atoms with Gasteiger partial charge in [0.15, 0.2) is 0 Å². The number of piperidine rings is 2. The van der Waals surface area contributed by atoms with E-state index in [0.717, 1.165) is 13.0 Å². The summed E-state index contributed by atoms with van der Waals surface area (Å²) >= 11 is 0. The van der Waals surface area contributed by atoms with Crippen LogP contribution in [0.25, 0.3) is 0 Å². The second-order valence-corrected chi connectivity index (χ2v) is 10.8. The van der Waals surface area contributed by atoms with Gasteiger partial charge < -0.3 is 26.6 Å². The summed E-state index contributed by atoms with van der Waals surface area (Å²) in [6.07, 6.45) is -1.01. The lowest BCUT2D eigenvalue weighted by Gasteiger charge is -2.45. The van der Waals surface area contributed by atoms with Gasteiger partial charge in [0.25, 0.3) is 0 Å². The zero-order valence-corrected chi connectivity index (χ0v) is 21.4. The van der Waals surface area contributed by atoms with Crippen LogP contribution in [0.4, 0.5) is 8.78 Å². The fraction of sp³-hybridized carbons (Fsp3) is 0.913. The van der Waals surface area contributed by atoms with Crippen molar-refractivity contribution in [3.8, 4) is 0 Å². The number of fused-ring (bicyclic) bond motifs is 1. The number of halogens is 2. The molecular formula is C23H43F2N9O2. The van der Waals surface area contributed by atoms with Gasteiger partial charge in [0.1, 0.15) is 12.3 Å². The lowest BCUT2D eigenvalue weighted by molar-refractivity contribution is -0.128. The fourth-order valence-electron chi connectivity index (χ4n) is 5.96. The number of hydrogen-bond acceptors (Lipinski definition) is 9. The molecule has 206 valence electrons. The number of nitrogens with two attached hydrogens (primary N) is 1. The van der Waals surface area contributed by atoms with Crippen molar-refractivity contribution in [1.82, 2.24) is 41.5 Å². The highest BCUT2D eigenvalue weighted by Crippen LogP contribution is 2.26. The first-order valence-electron chi connectivity index (χ1n) is 13.2. The molecule has 13 heteroatoms. The number of rotatable bonds is 8. The van der Waals surface area contributed by atoms with Gasteiger partial charge in [-0.05, 0) is 53.0 Å². The molecule has 0 aliphatic carbocycles. The number of alkyl halides is 2. The van der Waals surface area contributed by atoms with Crippen molar-refractivity contribution in [3.05, 3.63) is 0 Å². The van der Waals surface area contributed by atoms with E-state index >= 15 is 4.39 Å². The number of likely N-dealkylation sites (tertiary alicyclic amines) is 1. The number of carbonyl (C=O) groups excluding carboxylic acids is 2. The molecular weight excluding hydrogens is 472 g/mol. The van der Waals surface area contributed by atoms with Crippen molar-refractivity contribution in [2.75, 3.05) is 66.5 Å². The summed E-state index contributed by atoms with van der Waals surface area (Å²) in [4.78, 5) is 30.0. The number of nitrogens with zero attached hydrogens (tertiary/aromatic N) is 3. The Morgan fingerprint density at radius 2 is 1.86 bits per heavy atom. The Hall–Kier alpha value is -1.48. The number of nitrogens with one attached hydrogen (secondary N) is 5. The zero-order valence-electron chi connectivity index (χ0n) is 21.4. The largest absolute Gasteiger partial charge is 0.356 e. The highest BCUT2D eigenvalue weighted by Gasteiger charge is 2.48. The third-order valence-electron chi connectivity index (χ3n) is 7.84. The Labute approximate surface area is 212 Å². The Morgan fingerprint density at radius 1 is 1.11 bits per heavy atom. The Balaban J connectivity index is 1.31. The van der Waals surface area contributed by atoms with Crippen molar-refractivity contribution >= 4 is 11.8 Å². The lowest BCUT2D eigenvalue weighted by Crippen LogP contribution is -2.67. The number of carbonyl (C=O) groups is 2. The molecule has 0 aromatic rings. The third-order valence-corrected chi connectivity index (χ3v) is 7.84. The van der Waals surface area contributed by atoms with Crippen LogP contribution in [0.5, 0.6) is 0 Å². The topological polar surface area (TPSA) is 130 Å². The van der Waals surface area contributed by atoms with Gasteiger partial charge in [-0.3, -0.25) is 19.8 Å². The highest BCUT2D eigenvalue weighted by atomic mass is 19.1. The van der Waals surface area contributed by atoms with Crippen molar-refractivity contribution in [2.45, 2.75) is 56.0 Å². The predicted molar refractivity (Wildman–Crippen MR) is 132 cm³/mol. The molecule has 0 aromatic carbocycles. The van der Waals surface area contributed by atoms with Gasteiger partial charge >= 0.3 is 0 Å². The van der Waals surface area contributed by atoms with Crippen LogP contribution in [-0.4, -0.2) is 130 Å². The second kappa shape index (κ2) is 12.4. The first-order chi connectivity index (χ1) is 17.2. The minimum absolute atomic E-state index is 0.0707. The minimum Gasteiger partial charge on any atom is -0.356 e. The summed E-state index contributed by atoms with van der Waals surface area (Å²) in [6.45, 7) is 3.79. The molecule has 0 saturated carbocycles. The molecule has 7 unspecified atom stereocenters. The molecule has 7 atom stereocenters. The molecule has 4 fully saturated rings. The normalized spacial score (nSPS) is 36.6. The molecule has 0 spiro atoms. The fourth-order valence-corrected chi connectivity index (χ4v) is 5.96. The van der Waals surface area contributed by atoms with Gasteiger partial charge in [0.05, 0.1) is 30.3 Å². The molecule has 0 aromatic heterocycles. The lowest BCUT2D eigenvalue weighted by atomic mass is 9.90. The van der Waals surface area contributed by atoms with Crippen LogP contribution < -0.4 is 32.4 Å². The number of hydrazine groups is 1. The molecule has 4 aliphatic heterocycles. The first-order valence-corrected chi connectivity index (χ1v) is 13.2. The van der Waals surface area contributed by atoms with Crippen molar-refractivity contribution < 1.29 is 18.4 Å². The standard InChI is InChI=1S/C23H43F2N9O2/c1-32(2)7-3-6-28-22(35)14-4-8-33(9-5-14)19-16(25)11-27-12-17(19)30-23(36)18-20(26)31-34-13-15(24)10-29-21(18)34/h14-21,27,29,31H,3-13,26H2,1-2H3,(H,28,35)(H,30,36). The van der Waals surface area contributed by atoms with Gasteiger partial charge in [-0.25, -0.2) is 19.2 Å². The van der Waals surface area contributed by atoms with Gasteiger partial charge in [-0.1, -0.05) is 0 Å². The second-order valence-electron chi connectivity index (χ2n) is 10.8. The van der Waals surface area contributed by atoms with Crippen molar-refractivity contribution in [2.24, 2.45) is 17.6 Å². The van der Waals surface area contributed by atoms with E-state index in [0.29, 0.717) is 39.0 Å². The van der Waals surface area contributed by atoms with Crippen LogP contribution in [0.2, 0.25) is 0 Å². The van der Waals surface area contributed by atoms with Crippen LogP contribution in [0.15, 0.2) is 0 Å². The van der Waals surface area contributed by atoms with Gasteiger partial charge in [-0.15, -0.1) is 0 Å². The highest BCUT2D eigenvalue weighted by molar-refractivity contribution is 5.81. The summed E-state index contributed by atoms with van der Waals surface area (Å²) in [7, 11) is 4.01. The smallest absolute Gasteiger partial charge is 0.229 e. The molecule has 4 saturated heterocycles. The van der Waals surface area contributed by atoms with E-state index in [1.807, 2.05) is 14.1 Å². The molecule has 0 radical (unpaired) electrons. The molecule has 7 N–H and O–H groups in total. The van der Waals surface area contributed by atoms with E-state index in [2.05, 4.69) is 36.5 Å². The summed E-state index contributed by atoms with van der Waals surface area (Å²) in [6, 6.07) is -0.910. The van der Waals surface area contributed by atoms with E-state index in [1.54, 1.807) is 5.01 Å². The van der Waals surface area contributed by atoms with Crippen LogP contribution in [0.3, 0.4) is 0 Å². The predicted octanol–water partition coefficient (Wildman–Crippen LogP) is -2.45. The third kappa shape index (κ3) is 6.50. The van der Waals surface area contributed by atoms with Gasteiger partial charge in [-0.2, -0.15) is 0 Å². The van der Waals surface area contributed by atoms with Crippen LogP contribution in [0.1, 0.15) is 19.3 Å². The summed E-state index contributed by atoms with van der Waals surface area (Å²) in [5, 5.41) is 13.9. The van der Waals surface area contributed by atoms with E-state index in [-0.39, 0.29) is 37.4 Å². The maximum Gasteiger partial charge on any atom is 0.229 e. The molecule has 2 amide bonds. The molecule has 11 nitrogen and oxygen atoms in total. The van der Waals surface area contributed by atoms with E-state index in [9.17, 15) is 14.0 Å². The van der Waals surface area contributed by atoms with Crippen LogP contribution >= 0.6 is 0 Å². The zero-order chi connectivity index (χ0) is 25.8. The molecule has 0 bridgehead atoms. The molecule has 4 heterocycles. The van der Waals surface area contributed by atoms with Gasteiger partial charge in [0, 0.05) is 38.6 Å². The SMILES string of the molecule is CN(C)CCCNC(=O)C1CCN(C2C(F)CNCC2NC(=O)C2C(N)NN3CC(F)CNC23)CC1. The summed E-state index contributed by atoms with van der Waals surface area (Å²) in [5.74, 6) is -0.896. The number of amides is 2. The quantitative estimate of drug-likeness (QED) is 0.195. The Morgan fingerprint density at radius 3 is 2.58 bits per heavy atom. The summed E-state index contributed by atoms with van der Waals surface area (Å²) in [5.41, 5.74) is 9.16. The maximum atomic E-state index is 15.2. The van der Waals surface area contributed by atoms with E-state index in [1.165, 1.54) is 0 Å².